The number of carbonyl (C=O) groups excluding carboxylic acids is 2. The average molecular weight is 445 g/mol. The van der Waals surface area contributed by atoms with Gasteiger partial charge in [0.05, 0.1) is 6.04 Å². The molecule has 0 radical (unpaired) electrons. The van der Waals surface area contributed by atoms with Crippen LogP contribution in [-0.2, 0) is 6.54 Å². The molecule has 1 aromatic carbocycles. The van der Waals surface area contributed by atoms with Crippen molar-refractivity contribution in [2.75, 3.05) is 13.1 Å². The first kappa shape index (κ1) is 22.0. The minimum atomic E-state index is -0.906. The summed E-state index contributed by atoms with van der Waals surface area (Å²) < 4.78 is 28.8. The summed E-state index contributed by atoms with van der Waals surface area (Å²) in [5.41, 5.74) is -0.669. The van der Waals surface area contributed by atoms with Crippen molar-refractivity contribution in [3.05, 3.63) is 62.6 Å². The number of aromatic hydroxyl groups is 1. The Bertz CT molecular complexity index is 1160. The van der Waals surface area contributed by atoms with E-state index in [9.17, 15) is 28.3 Å². The SMILES string of the molecule is CCC[C@@H]1CC2CN(CC)C(=O)c3c(O)c(=O)c(C(=O)NCc4ccc(F)cc4F)c1n32. The number of benzene rings is 1. The summed E-state index contributed by atoms with van der Waals surface area (Å²) in [5, 5.41) is 13.2. The Morgan fingerprint density at radius 3 is 2.66 bits per heavy atom. The summed E-state index contributed by atoms with van der Waals surface area (Å²) in [6.07, 6.45) is 2.18. The maximum absolute atomic E-state index is 14.0. The zero-order valence-corrected chi connectivity index (χ0v) is 18.0. The highest BCUT2D eigenvalue weighted by molar-refractivity contribution is 6.00. The van der Waals surface area contributed by atoms with Gasteiger partial charge in [0.25, 0.3) is 11.8 Å². The van der Waals surface area contributed by atoms with Crippen molar-refractivity contribution in [2.24, 2.45) is 0 Å². The van der Waals surface area contributed by atoms with Crippen LogP contribution in [0.2, 0.25) is 0 Å². The number of amides is 2. The van der Waals surface area contributed by atoms with Gasteiger partial charge in [-0.3, -0.25) is 14.4 Å². The van der Waals surface area contributed by atoms with E-state index in [1.807, 2.05) is 13.8 Å². The standard InChI is InChI=1S/C23H25F2N3O4/c1-3-5-12-8-15-11-27(4-2)23(32)19-21(30)20(29)17(18(12)28(15)19)22(31)26-10-13-6-7-14(24)9-16(13)25/h6-7,9,12,15,30H,3-5,8,10-11H2,1-2H3,(H,26,31)/t12-,15?/m1/s1. The molecule has 170 valence electrons. The van der Waals surface area contributed by atoms with Gasteiger partial charge in [-0.1, -0.05) is 19.4 Å². The number of pyridine rings is 1. The van der Waals surface area contributed by atoms with Gasteiger partial charge < -0.3 is 19.9 Å². The zero-order chi connectivity index (χ0) is 23.2. The molecule has 4 rings (SSSR count). The third-order valence-corrected chi connectivity index (χ3v) is 6.35. The first-order valence-corrected chi connectivity index (χ1v) is 10.8. The van der Waals surface area contributed by atoms with Crippen LogP contribution in [0, 0.1) is 11.6 Å². The third-order valence-electron chi connectivity index (χ3n) is 6.35. The van der Waals surface area contributed by atoms with Crippen LogP contribution in [0.15, 0.2) is 23.0 Å². The van der Waals surface area contributed by atoms with E-state index in [0.29, 0.717) is 37.7 Å². The molecule has 9 heteroatoms. The number of halogens is 2. The third kappa shape index (κ3) is 3.45. The molecule has 32 heavy (non-hydrogen) atoms. The highest BCUT2D eigenvalue weighted by atomic mass is 19.1. The van der Waals surface area contributed by atoms with E-state index in [4.69, 9.17) is 0 Å². The quantitative estimate of drug-likeness (QED) is 0.715. The number of nitrogens with zero attached hydrogens (tertiary/aromatic N) is 2. The number of hydrogen-bond acceptors (Lipinski definition) is 4. The van der Waals surface area contributed by atoms with E-state index >= 15 is 0 Å². The minimum absolute atomic E-state index is 0.0650. The van der Waals surface area contributed by atoms with Crippen LogP contribution in [0.5, 0.6) is 5.75 Å². The van der Waals surface area contributed by atoms with Crippen LogP contribution in [0.1, 0.15) is 77.2 Å². The van der Waals surface area contributed by atoms with Crippen molar-refractivity contribution in [2.45, 2.75) is 51.6 Å². The number of hydrogen-bond donors (Lipinski definition) is 2. The van der Waals surface area contributed by atoms with Crippen molar-refractivity contribution in [1.82, 2.24) is 14.8 Å². The molecule has 0 saturated carbocycles. The number of rotatable bonds is 6. The number of likely N-dealkylation sites (N-methyl/N-ethyl adjacent to an activating group) is 1. The van der Waals surface area contributed by atoms with E-state index in [0.717, 1.165) is 12.5 Å². The van der Waals surface area contributed by atoms with Crippen LogP contribution in [0.4, 0.5) is 8.78 Å². The second-order valence-corrected chi connectivity index (χ2v) is 8.29. The Balaban J connectivity index is 1.78. The molecule has 7 nitrogen and oxygen atoms in total. The Morgan fingerprint density at radius 2 is 2.00 bits per heavy atom. The fourth-order valence-corrected chi connectivity index (χ4v) is 4.89. The molecule has 2 N–H and O–H groups in total. The molecule has 0 bridgehead atoms. The second kappa shape index (κ2) is 8.37. The normalized spacial score (nSPS) is 19.2. The fraction of sp³-hybridized carbons (Fsp3) is 0.435. The maximum Gasteiger partial charge on any atom is 0.274 e. The van der Waals surface area contributed by atoms with Gasteiger partial charge in [0.1, 0.15) is 17.2 Å². The summed E-state index contributed by atoms with van der Waals surface area (Å²) in [6.45, 7) is 4.47. The van der Waals surface area contributed by atoms with Crippen molar-refractivity contribution >= 4 is 11.8 Å². The van der Waals surface area contributed by atoms with Crippen LogP contribution in [0.25, 0.3) is 0 Å². The smallest absolute Gasteiger partial charge is 0.274 e. The fourth-order valence-electron chi connectivity index (χ4n) is 4.89. The number of carbonyl (C=O) groups is 2. The van der Waals surface area contributed by atoms with Gasteiger partial charge in [-0.05, 0) is 25.8 Å². The zero-order valence-electron chi connectivity index (χ0n) is 18.0. The van der Waals surface area contributed by atoms with Gasteiger partial charge in [0.15, 0.2) is 11.4 Å². The van der Waals surface area contributed by atoms with E-state index in [-0.39, 0.29) is 35.3 Å². The Morgan fingerprint density at radius 1 is 1.25 bits per heavy atom. The van der Waals surface area contributed by atoms with Gasteiger partial charge >= 0.3 is 0 Å². The predicted octanol–water partition coefficient (Wildman–Crippen LogP) is 3.07. The van der Waals surface area contributed by atoms with E-state index in [1.54, 1.807) is 9.47 Å². The molecule has 2 atom stereocenters. The lowest BCUT2D eigenvalue weighted by Gasteiger charge is -2.34. The average Bonchev–Trinajstić information content (AvgIpc) is 3.10. The summed E-state index contributed by atoms with van der Waals surface area (Å²) in [4.78, 5) is 40.6. The van der Waals surface area contributed by atoms with Crippen LogP contribution in [0.3, 0.4) is 0 Å². The first-order chi connectivity index (χ1) is 15.3. The van der Waals surface area contributed by atoms with Crippen molar-refractivity contribution < 1.29 is 23.5 Å². The molecule has 0 saturated heterocycles. The minimum Gasteiger partial charge on any atom is -0.503 e. The van der Waals surface area contributed by atoms with Gasteiger partial charge in [-0.15, -0.1) is 0 Å². The van der Waals surface area contributed by atoms with Crippen molar-refractivity contribution in [3.63, 3.8) is 0 Å². The monoisotopic (exact) mass is 445 g/mol. The molecule has 2 aliphatic rings. The van der Waals surface area contributed by atoms with Gasteiger partial charge in [0, 0.05) is 42.9 Å². The van der Waals surface area contributed by atoms with Gasteiger partial charge in [0.2, 0.25) is 5.43 Å². The largest absolute Gasteiger partial charge is 0.503 e. The first-order valence-electron chi connectivity index (χ1n) is 10.8. The molecular weight excluding hydrogens is 420 g/mol. The molecule has 2 aliphatic heterocycles. The number of nitrogens with one attached hydrogen (secondary N) is 1. The van der Waals surface area contributed by atoms with E-state index < -0.39 is 34.6 Å². The van der Waals surface area contributed by atoms with E-state index in [2.05, 4.69) is 5.32 Å². The lowest BCUT2D eigenvalue weighted by Crippen LogP contribution is -2.44. The highest BCUT2D eigenvalue weighted by Gasteiger charge is 2.44. The molecular formula is C23H25F2N3O4. The van der Waals surface area contributed by atoms with Crippen LogP contribution in [-0.4, -0.2) is 39.5 Å². The van der Waals surface area contributed by atoms with Crippen LogP contribution >= 0.6 is 0 Å². The topological polar surface area (TPSA) is 91.6 Å². The summed E-state index contributed by atoms with van der Waals surface area (Å²) in [6, 6.07) is 2.88. The predicted molar refractivity (Wildman–Crippen MR) is 113 cm³/mol. The van der Waals surface area contributed by atoms with Crippen molar-refractivity contribution in [1.29, 1.82) is 0 Å². The Labute approximate surface area is 183 Å². The van der Waals surface area contributed by atoms with Crippen molar-refractivity contribution in [3.8, 4) is 5.75 Å². The lowest BCUT2D eigenvalue weighted by atomic mass is 9.93. The second-order valence-electron chi connectivity index (χ2n) is 8.29. The molecule has 2 amide bonds. The maximum atomic E-state index is 14.0. The summed E-state index contributed by atoms with van der Waals surface area (Å²) >= 11 is 0. The summed E-state index contributed by atoms with van der Waals surface area (Å²) in [5.74, 6) is -3.59. The molecule has 3 heterocycles. The summed E-state index contributed by atoms with van der Waals surface area (Å²) in [7, 11) is 0. The molecule has 0 spiro atoms. The molecule has 1 unspecified atom stereocenters. The van der Waals surface area contributed by atoms with Gasteiger partial charge in [-0.2, -0.15) is 0 Å². The molecule has 0 fully saturated rings. The Kier molecular flexibility index (Phi) is 5.75. The lowest BCUT2D eigenvalue weighted by molar-refractivity contribution is 0.0675. The van der Waals surface area contributed by atoms with Crippen LogP contribution < -0.4 is 10.7 Å². The molecule has 0 aliphatic carbocycles. The molecule has 2 aromatic rings. The Hall–Kier alpha value is -3.23. The number of aromatic nitrogens is 1. The van der Waals surface area contributed by atoms with E-state index in [1.165, 1.54) is 6.07 Å². The molecule has 1 aromatic heterocycles. The highest BCUT2D eigenvalue weighted by Crippen LogP contribution is 2.45. The van der Waals surface area contributed by atoms with Gasteiger partial charge in [-0.25, -0.2) is 8.78 Å².